The zero-order chi connectivity index (χ0) is 37.5. The molecule has 0 N–H and O–H groups in total. The molecule has 0 fully saturated rings. The van der Waals surface area contributed by atoms with Crippen molar-refractivity contribution in [2.45, 2.75) is 0 Å². The van der Waals surface area contributed by atoms with Crippen LogP contribution in [0.25, 0.3) is 77.6 Å². The second kappa shape index (κ2) is 12.3. The molecule has 0 bridgehead atoms. The van der Waals surface area contributed by atoms with Gasteiger partial charge in [-0.15, -0.1) is 0 Å². The molecular formula is C52H34N4Si. The second-order valence-electron chi connectivity index (χ2n) is 14.9. The molecule has 0 aliphatic carbocycles. The van der Waals surface area contributed by atoms with Gasteiger partial charge in [-0.1, -0.05) is 170 Å². The SMILES string of the molecule is c1ccc(-c2nc(-n3c4ccccc4c4cc5c6ccccc6n(-c6ccccc6)c5cc43)nc3c2-c2ccccc2[Si]3(c2ccccc2)c2ccccc2)cc1. The Balaban J connectivity index is 1.26. The Morgan fingerprint density at radius 1 is 0.386 bits per heavy atom. The zero-order valence-corrected chi connectivity index (χ0v) is 31.9. The van der Waals surface area contributed by atoms with Gasteiger partial charge in [-0.25, -0.2) is 9.97 Å². The van der Waals surface area contributed by atoms with Crippen molar-refractivity contribution in [2.75, 3.05) is 0 Å². The molecule has 12 rings (SSSR count). The van der Waals surface area contributed by atoms with Crippen LogP contribution in [0.2, 0.25) is 0 Å². The maximum Gasteiger partial charge on any atom is 0.235 e. The highest BCUT2D eigenvalue weighted by molar-refractivity contribution is 7.21. The molecule has 0 atom stereocenters. The Morgan fingerprint density at radius 3 is 1.54 bits per heavy atom. The van der Waals surface area contributed by atoms with E-state index in [-0.39, 0.29) is 0 Å². The van der Waals surface area contributed by atoms with E-state index in [1.807, 2.05) is 0 Å². The molecule has 1 aliphatic rings. The fraction of sp³-hybridized carbons (Fsp3) is 0. The number of fused-ring (bicyclic) bond motifs is 9. The van der Waals surface area contributed by atoms with E-state index in [1.165, 1.54) is 48.2 Å². The van der Waals surface area contributed by atoms with Gasteiger partial charge in [-0.2, -0.15) is 0 Å². The van der Waals surface area contributed by atoms with Crippen molar-refractivity contribution in [1.82, 2.24) is 19.1 Å². The lowest BCUT2D eigenvalue weighted by Gasteiger charge is -2.30. The third kappa shape index (κ3) is 4.49. The molecule has 5 heteroatoms. The van der Waals surface area contributed by atoms with E-state index < -0.39 is 8.07 Å². The molecule has 1 aliphatic heterocycles. The number of rotatable bonds is 5. The minimum atomic E-state index is -2.96. The first-order valence-electron chi connectivity index (χ1n) is 19.5. The van der Waals surface area contributed by atoms with E-state index >= 15 is 0 Å². The van der Waals surface area contributed by atoms with Gasteiger partial charge in [0, 0.05) is 38.4 Å². The second-order valence-corrected chi connectivity index (χ2v) is 18.6. The maximum atomic E-state index is 5.91. The highest BCUT2D eigenvalue weighted by Gasteiger charge is 2.51. The highest BCUT2D eigenvalue weighted by Crippen LogP contribution is 2.41. The van der Waals surface area contributed by atoms with Gasteiger partial charge in [0.25, 0.3) is 0 Å². The van der Waals surface area contributed by atoms with Gasteiger partial charge in [-0.05, 0) is 57.5 Å². The van der Waals surface area contributed by atoms with Gasteiger partial charge in [0.15, 0.2) is 0 Å². The van der Waals surface area contributed by atoms with E-state index in [0.717, 1.165) is 44.4 Å². The molecule has 8 aromatic carbocycles. The maximum absolute atomic E-state index is 5.91. The Labute approximate surface area is 330 Å². The topological polar surface area (TPSA) is 35.6 Å². The largest absolute Gasteiger partial charge is 0.309 e. The fourth-order valence-corrected chi connectivity index (χ4v) is 14.7. The molecule has 266 valence electrons. The van der Waals surface area contributed by atoms with Crippen LogP contribution >= 0.6 is 0 Å². The lowest BCUT2D eigenvalue weighted by Crippen LogP contribution is -2.73. The Hall–Kier alpha value is -7.34. The number of aromatic nitrogens is 4. The summed E-state index contributed by atoms with van der Waals surface area (Å²) in [6.07, 6.45) is 0. The van der Waals surface area contributed by atoms with Crippen molar-refractivity contribution in [3.05, 3.63) is 206 Å². The van der Waals surface area contributed by atoms with Gasteiger partial charge >= 0.3 is 0 Å². The average Bonchev–Trinajstić information content (AvgIpc) is 3.90. The summed E-state index contributed by atoms with van der Waals surface area (Å²) in [4.78, 5) is 11.6. The average molecular weight is 743 g/mol. The molecule has 0 unspecified atom stereocenters. The Morgan fingerprint density at radius 2 is 0.895 bits per heavy atom. The molecule has 0 amide bonds. The van der Waals surface area contributed by atoms with Gasteiger partial charge in [-0.3, -0.25) is 4.57 Å². The number of para-hydroxylation sites is 3. The summed E-state index contributed by atoms with van der Waals surface area (Å²) in [5, 5.41) is 9.89. The third-order valence-corrected chi connectivity index (χ3v) is 16.7. The summed E-state index contributed by atoms with van der Waals surface area (Å²) in [7, 11) is -2.96. The Kier molecular flexibility index (Phi) is 6.91. The normalized spacial score (nSPS) is 13.1. The van der Waals surface area contributed by atoms with Crippen molar-refractivity contribution < 1.29 is 0 Å². The molecular weight excluding hydrogens is 709 g/mol. The van der Waals surface area contributed by atoms with Crippen LogP contribution in [0.1, 0.15) is 0 Å². The van der Waals surface area contributed by atoms with Crippen LogP contribution in [0.15, 0.2) is 206 Å². The summed E-state index contributed by atoms with van der Waals surface area (Å²) >= 11 is 0. The van der Waals surface area contributed by atoms with Crippen molar-refractivity contribution in [3.8, 4) is 34.0 Å². The predicted octanol–water partition coefficient (Wildman–Crippen LogP) is 9.70. The first kappa shape index (κ1) is 32.0. The molecule has 4 nitrogen and oxygen atoms in total. The minimum absolute atomic E-state index is 0.678. The van der Waals surface area contributed by atoms with E-state index in [1.54, 1.807) is 0 Å². The first-order chi connectivity index (χ1) is 28.3. The first-order valence-corrected chi connectivity index (χ1v) is 21.5. The van der Waals surface area contributed by atoms with Crippen LogP contribution < -0.4 is 20.9 Å². The summed E-state index contributed by atoms with van der Waals surface area (Å²) < 4.78 is 4.71. The molecule has 0 saturated heterocycles. The van der Waals surface area contributed by atoms with Crippen molar-refractivity contribution in [3.63, 3.8) is 0 Å². The standard InChI is InChI=1S/C52H34N4Si/c1-5-19-35(20-6-1)50-49-41-29-15-18-32-48(41)57(37-23-9-3-10-24-37,38-25-11-4-12-26-38)51(49)54-52(53-50)56-45-31-17-14-28-40(45)43-33-42-39-27-13-16-30-44(39)55(46(42)34-47(43)56)36-21-7-2-8-22-36/h1-34H. The summed E-state index contributed by atoms with van der Waals surface area (Å²) in [5.74, 6) is 0.678. The third-order valence-electron chi connectivity index (χ3n) is 12.0. The summed E-state index contributed by atoms with van der Waals surface area (Å²) in [5.41, 5.74) is 9.99. The molecule has 0 spiro atoms. The lowest BCUT2D eigenvalue weighted by molar-refractivity contribution is 1.01. The van der Waals surface area contributed by atoms with E-state index in [0.29, 0.717) is 5.95 Å². The van der Waals surface area contributed by atoms with E-state index in [9.17, 15) is 0 Å². The zero-order valence-electron chi connectivity index (χ0n) is 30.9. The predicted molar refractivity (Wildman–Crippen MR) is 239 cm³/mol. The van der Waals surface area contributed by atoms with Crippen LogP contribution in [0.4, 0.5) is 0 Å². The Bertz CT molecular complexity index is 3290. The van der Waals surface area contributed by atoms with Crippen LogP contribution in [0, 0.1) is 0 Å². The fourth-order valence-electron chi connectivity index (χ4n) is 9.67. The minimum Gasteiger partial charge on any atom is -0.309 e. The van der Waals surface area contributed by atoms with Crippen LogP contribution in [0.5, 0.6) is 0 Å². The molecule has 57 heavy (non-hydrogen) atoms. The number of hydrogen-bond donors (Lipinski definition) is 0. The lowest BCUT2D eigenvalue weighted by atomic mass is 10.0. The molecule has 0 radical (unpaired) electrons. The molecule has 4 heterocycles. The van der Waals surface area contributed by atoms with Gasteiger partial charge in [0.05, 0.1) is 33.1 Å². The highest BCUT2D eigenvalue weighted by atomic mass is 28.3. The van der Waals surface area contributed by atoms with Crippen LogP contribution in [-0.2, 0) is 0 Å². The van der Waals surface area contributed by atoms with Crippen LogP contribution in [-0.4, -0.2) is 27.2 Å². The quantitative estimate of drug-likeness (QED) is 0.165. The number of hydrogen-bond acceptors (Lipinski definition) is 2. The smallest absolute Gasteiger partial charge is 0.235 e. The molecule has 11 aromatic rings. The molecule has 0 saturated carbocycles. The van der Waals surface area contributed by atoms with Crippen molar-refractivity contribution in [1.29, 1.82) is 0 Å². The van der Waals surface area contributed by atoms with E-state index in [2.05, 4.69) is 215 Å². The van der Waals surface area contributed by atoms with Crippen molar-refractivity contribution >= 4 is 72.6 Å². The number of nitrogens with zero attached hydrogens (tertiary/aromatic N) is 4. The monoisotopic (exact) mass is 742 g/mol. The van der Waals surface area contributed by atoms with E-state index in [4.69, 9.17) is 9.97 Å². The summed E-state index contributed by atoms with van der Waals surface area (Å²) in [6, 6.07) is 74.8. The van der Waals surface area contributed by atoms with Gasteiger partial charge in [0.2, 0.25) is 14.0 Å². The summed E-state index contributed by atoms with van der Waals surface area (Å²) in [6.45, 7) is 0. The van der Waals surface area contributed by atoms with Crippen LogP contribution in [0.3, 0.4) is 0 Å². The molecule has 3 aromatic heterocycles. The van der Waals surface area contributed by atoms with Gasteiger partial charge in [0.1, 0.15) is 0 Å². The van der Waals surface area contributed by atoms with Gasteiger partial charge < -0.3 is 4.57 Å². The number of benzene rings is 8. The van der Waals surface area contributed by atoms with Crippen molar-refractivity contribution in [2.24, 2.45) is 0 Å².